The average molecular weight is 309 g/mol. The van der Waals surface area contributed by atoms with Crippen LogP contribution in [0.25, 0.3) is 0 Å². The molecule has 0 bridgehead atoms. The number of aliphatic hydroxyl groups is 1. The van der Waals surface area contributed by atoms with Crippen molar-refractivity contribution in [3.05, 3.63) is 0 Å². The molecule has 0 spiro atoms. The molecular formula is C17H31N3O2. The summed E-state index contributed by atoms with van der Waals surface area (Å²) in [6, 6.07) is 0.462. The van der Waals surface area contributed by atoms with Crippen molar-refractivity contribution < 1.29 is 9.90 Å². The number of piperazine rings is 1. The second kappa shape index (κ2) is 7.28. The standard InChI is InChI=1S/C17H31N3O2/c1-2-8-18-9-4-6-15(18)17(22)20-12-10-19(11-13-20)14-5-3-7-16(14)21/h14-16,21H,2-13H2,1H3/t14-,15-,16-/m1/s1. The molecule has 1 N–H and O–H groups in total. The van der Waals surface area contributed by atoms with E-state index in [4.69, 9.17) is 0 Å². The minimum Gasteiger partial charge on any atom is -0.391 e. The van der Waals surface area contributed by atoms with Gasteiger partial charge in [0.05, 0.1) is 12.1 Å². The van der Waals surface area contributed by atoms with Crippen molar-refractivity contribution in [2.24, 2.45) is 0 Å². The first kappa shape index (κ1) is 16.2. The fourth-order valence-electron chi connectivity index (χ4n) is 4.49. The van der Waals surface area contributed by atoms with Gasteiger partial charge in [-0.2, -0.15) is 0 Å². The maximum atomic E-state index is 12.8. The number of hydrogen-bond acceptors (Lipinski definition) is 4. The Hall–Kier alpha value is -0.650. The fourth-order valence-corrected chi connectivity index (χ4v) is 4.49. The van der Waals surface area contributed by atoms with Crippen LogP contribution in [0.1, 0.15) is 45.4 Å². The molecule has 3 fully saturated rings. The van der Waals surface area contributed by atoms with Gasteiger partial charge in [-0.1, -0.05) is 6.92 Å². The van der Waals surface area contributed by atoms with E-state index in [9.17, 15) is 9.90 Å². The molecule has 3 atom stereocenters. The van der Waals surface area contributed by atoms with E-state index in [1.807, 2.05) is 0 Å². The van der Waals surface area contributed by atoms with E-state index in [-0.39, 0.29) is 12.1 Å². The monoisotopic (exact) mass is 309 g/mol. The Balaban J connectivity index is 1.51. The molecular weight excluding hydrogens is 278 g/mol. The minimum absolute atomic E-state index is 0.128. The zero-order chi connectivity index (χ0) is 15.5. The summed E-state index contributed by atoms with van der Waals surface area (Å²) >= 11 is 0. The summed E-state index contributed by atoms with van der Waals surface area (Å²) in [7, 11) is 0. The molecule has 3 rings (SSSR count). The Morgan fingerprint density at radius 2 is 1.82 bits per heavy atom. The number of likely N-dealkylation sites (tertiary alicyclic amines) is 1. The van der Waals surface area contributed by atoms with Gasteiger partial charge in [0.15, 0.2) is 0 Å². The van der Waals surface area contributed by atoms with Crippen LogP contribution in [0.2, 0.25) is 0 Å². The first-order chi connectivity index (χ1) is 10.7. The third kappa shape index (κ3) is 3.31. The van der Waals surface area contributed by atoms with Crippen molar-refractivity contribution >= 4 is 5.91 Å². The Labute approximate surface area is 134 Å². The topological polar surface area (TPSA) is 47.0 Å². The summed E-state index contributed by atoms with van der Waals surface area (Å²) in [6.07, 6.45) is 6.35. The van der Waals surface area contributed by atoms with Crippen LogP contribution >= 0.6 is 0 Å². The summed E-state index contributed by atoms with van der Waals surface area (Å²) < 4.78 is 0. The first-order valence-corrected chi connectivity index (χ1v) is 9.15. The van der Waals surface area contributed by atoms with Crippen molar-refractivity contribution in [2.45, 2.75) is 63.6 Å². The SMILES string of the molecule is CCCN1CCC[C@@H]1C(=O)N1CCN([C@@H]2CCC[C@H]2O)CC1. The Kier molecular flexibility index (Phi) is 5.37. The predicted molar refractivity (Wildman–Crippen MR) is 86.7 cm³/mol. The number of aliphatic hydroxyl groups excluding tert-OH is 1. The van der Waals surface area contributed by atoms with E-state index in [2.05, 4.69) is 21.6 Å². The number of carbonyl (C=O) groups is 1. The summed E-state index contributed by atoms with van der Waals surface area (Å²) in [4.78, 5) is 19.6. The lowest BCUT2D eigenvalue weighted by Crippen LogP contribution is -2.56. The molecule has 0 unspecified atom stereocenters. The quantitative estimate of drug-likeness (QED) is 0.839. The van der Waals surface area contributed by atoms with Crippen LogP contribution in [0.5, 0.6) is 0 Å². The van der Waals surface area contributed by atoms with Crippen LogP contribution in [0.15, 0.2) is 0 Å². The number of amides is 1. The molecule has 5 nitrogen and oxygen atoms in total. The first-order valence-electron chi connectivity index (χ1n) is 9.15. The Bertz CT molecular complexity index is 382. The zero-order valence-corrected chi connectivity index (χ0v) is 13.9. The lowest BCUT2D eigenvalue weighted by molar-refractivity contribution is -0.138. The van der Waals surface area contributed by atoms with E-state index in [1.54, 1.807) is 0 Å². The van der Waals surface area contributed by atoms with Gasteiger partial charge < -0.3 is 10.0 Å². The molecule has 0 aromatic carbocycles. The Morgan fingerprint density at radius 3 is 2.45 bits per heavy atom. The highest BCUT2D eigenvalue weighted by Gasteiger charge is 2.37. The molecule has 0 aromatic rings. The van der Waals surface area contributed by atoms with Gasteiger partial charge >= 0.3 is 0 Å². The van der Waals surface area contributed by atoms with Crippen LogP contribution in [-0.2, 0) is 4.79 Å². The second-order valence-electron chi connectivity index (χ2n) is 7.12. The van der Waals surface area contributed by atoms with E-state index >= 15 is 0 Å². The van der Waals surface area contributed by atoms with Gasteiger partial charge in [0.25, 0.3) is 0 Å². The van der Waals surface area contributed by atoms with Crippen LogP contribution in [0, 0.1) is 0 Å². The highest BCUT2D eigenvalue weighted by Crippen LogP contribution is 2.26. The number of carbonyl (C=O) groups excluding carboxylic acids is 1. The minimum atomic E-state index is -0.155. The third-order valence-corrected chi connectivity index (χ3v) is 5.70. The average Bonchev–Trinajstić information content (AvgIpc) is 3.16. The van der Waals surface area contributed by atoms with Gasteiger partial charge in [0.2, 0.25) is 5.91 Å². The summed E-state index contributed by atoms with van der Waals surface area (Å²) in [5.74, 6) is 0.345. The van der Waals surface area contributed by atoms with Gasteiger partial charge in [0, 0.05) is 32.2 Å². The molecule has 22 heavy (non-hydrogen) atoms. The molecule has 2 aliphatic heterocycles. The van der Waals surface area contributed by atoms with Crippen molar-refractivity contribution in [2.75, 3.05) is 39.3 Å². The molecule has 1 aliphatic carbocycles. The molecule has 0 radical (unpaired) electrons. The molecule has 1 saturated carbocycles. The van der Waals surface area contributed by atoms with Crippen molar-refractivity contribution in [3.8, 4) is 0 Å². The predicted octanol–water partition coefficient (Wildman–Crippen LogP) is 0.918. The van der Waals surface area contributed by atoms with Crippen LogP contribution in [0.3, 0.4) is 0 Å². The van der Waals surface area contributed by atoms with Gasteiger partial charge in [-0.3, -0.25) is 14.6 Å². The van der Waals surface area contributed by atoms with Crippen molar-refractivity contribution in [1.29, 1.82) is 0 Å². The molecule has 2 heterocycles. The third-order valence-electron chi connectivity index (χ3n) is 5.70. The molecule has 2 saturated heterocycles. The molecule has 5 heteroatoms. The van der Waals surface area contributed by atoms with E-state index < -0.39 is 0 Å². The lowest BCUT2D eigenvalue weighted by Gasteiger charge is -2.40. The summed E-state index contributed by atoms with van der Waals surface area (Å²) in [6.45, 7) is 7.83. The molecule has 0 aromatic heterocycles. The van der Waals surface area contributed by atoms with Crippen molar-refractivity contribution in [1.82, 2.24) is 14.7 Å². The highest BCUT2D eigenvalue weighted by atomic mass is 16.3. The van der Waals surface area contributed by atoms with Crippen LogP contribution in [0.4, 0.5) is 0 Å². The van der Waals surface area contributed by atoms with Crippen LogP contribution in [-0.4, -0.2) is 83.2 Å². The molecule has 3 aliphatic rings. The maximum absolute atomic E-state index is 12.8. The maximum Gasteiger partial charge on any atom is 0.240 e. The molecule has 1 amide bonds. The smallest absolute Gasteiger partial charge is 0.240 e. The fraction of sp³-hybridized carbons (Fsp3) is 0.941. The van der Waals surface area contributed by atoms with Gasteiger partial charge in [0.1, 0.15) is 0 Å². The van der Waals surface area contributed by atoms with Gasteiger partial charge in [-0.05, 0) is 51.6 Å². The largest absolute Gasteiger partial charge is 0.391 e. The number of nitrogens with zero attached hydrogens (tertiary/aromatic N) is 3. The molecule has 126 valence electrons. The van der Waals surface area contributed by atoms with Crippen LogP contribution < -0.4 is 0 Å². The zero-order valence-electron chi connectivity index (χ0n) is 13.9. The van der Waals surface area contributed by atoms with Gasteiger partial charge in [-0.25, -0.2) is 0 Å². The second-order valence-corrected chi connectivity index (χ2v) is 7.12. The van der Waals surface area contributed by atoms with E-state index in [0.717, 1.165) is 77.8 Å². The highest BCUT2D eigenvalue weighted by molar-refractivity contribution is 5.82. The summed E-state index contributed by atoms with van der Waals surface area (Å²) in [5, 5.41) is 10.1. The summed E-state index contributed by atoms with van der Waals surface area (Å²) in [5.41, 5.74) is 0. The van der Waals surface area contributed by atoms with E-state index in [1.165, 1.54) is 0 Å². The Morgan fingerprint density at radius 1 is 1.05 bits per heavy atom. The number of rotatable bonds is 4. The lowest BCUT2D eigenvalue weighted by atomic mass is 10.1. The van der Waals surface area contributed by atoms with Gasteiger partial charge in [-0.15, -0.1) is 0 Å². The number of hydrogen-bond donors (Lipinski definition) is 1. The van der Waals surface area contributed by atoms with Crippen molar-refractivity contribution in [3.63, 3.8) is 0 Å². The van der Waals surface area contributed by atoms with E-state index in [0.29, 0.717) is 11.9 Å². The normalized spacial score (nSPS) is 34.5.